The minimum atomic E-state index is 0.452. The first kappa shape index (κ1) is 13.3. The third-order valence-electron chi connectivity index (χ3n) is 2.54. The Morgan fingerprint density at radius 1 is 1.30 bits per heavy atom. The van der Waals surface area contributed by atoms with E-state index >= 15 is 0 Å². The van der Waals surface area contributed by atoms with Gasteiger partial charge in [0.15, 0.2) is 5.76 Å². The molecule has 0 saturated heterocycles. The number of nitrogen functional groups attached to an aromatic ring is 1. The first-order valence-electron chi connectivity index (χ1n) is 5.76. The van der Waals surface area contributed by atoms with Gasteiger partial charge in [0, 0.05) is 15.1 Å². The van der Waals surface area contributed by atoms with Crippen molar-refractivity contribution in [2.75, 3.05) is 5.73 Å². The maximum Gasteiger partial charge on any atom is 0.238 e. The van der Waals surface area contributed by atoms with Crippen molar-refractivity contribution < 1.29 is 8.94 Å². The van der Waals surface area contributed by atoms with Gasteiger partial charge < -0.3 is 14.7 Å². The van der Waals surface area contributed by atoms with Crippen LogP contribution in [-0.4, -0.2) is 10.1 Å². The van der Waals surface area contributed by atoms with E-state index in [9.17, 15) is 0 Å². The lowest BCUT2D eigenvalue weighted by molar-refractivity contribution is 0.390. The quantitative estimate of drug-likeness (QED) is 0.566. The molecule has 7 heteroatoms. The number of anilines is 1. The summed E-state index contributed by atoms with van der Waals surface area (Å²) in [6, 6.07) is 9.29. The SMILES string of the molecule is Nc1ccc(Br)cc1SCc1nc(-c2ccco2)no1. The van der Waals surface area contributed by atoms with Crippen LogP contribution in [-0.2, 0) is 5.75 Å². The molecule has 102 valence electrons. The van der Waals surface area contributed by atoms with Crippen molar-refractivity contribution in [2.24, 2.45) is 0 Å². The molecule has 20 heavy (non-hydrogen) atoms. The number of nitrogens with two attached hydrogens (primary N) is 1. The molecule has 2 heterocycles. The molecule has 0 aliphatic rings. The highest BCUT2D eigenvalue weighted by Gasteiger charge is 2.11. The highest BCUT2D eigenvalue weighted by molar-refractivity contribution is 9.10. The van der Waals surface area contributed by atoms with E-state index in [2.05, 4.69) is 26.1 Å². The molecule has 3 aromatic rings. The first-order valence-corrected chi connectivity index (χ1v) is 7.54. The predicted molar refractivity (Wildman–Crippen MR) is 80.1 cm³/mol. The molecule has 0 saturated carbocycles. The fourth-order valence-corrected chi connectivity index (χ4v) is 2.95. The summed E-state index contributed by atoms with van der Waals surface area (Å²) in [6.45, 7) is 0. The van der Waals surface area contributed by atoms with E-state index in [1.54, 1.807) is 30.2 Å². The van der Waals surface area contributed by atoms with Gasteiger partial charge in [0.1, 0.15) is 0 Å². The molecule has 0 bridgehead atoms. The van der Waals surface area contributed by atoms with Gasteiger partial charge in [0.05, 0.1) is 12.0 Å². The molecular weight excluding hydrogens is 342 g/mol. The van der Waals surface area contributed by atoms with Crippen LogP contribution in [0.15, 0.2) is 54.9 Å². The zero-order valence-corrected chi connectivity index (χ0v) is 12.6. The van der Waals surface area contributed by atoms with E-state index in [1.165, 1.54) is 0 Å². The van der Waals surface area contributed by atoms with Gasteiger partial charge in [0.2, 0.25) is 11.7 Å². The summed E-state index contributed by atoms with van der Waals surface area (Å²) in [4.78, 5) is 5.24. The maximum absolute atomic E-state index is 5.91. The Balaban J connectivity index is 1.71. The maximum atomic E-state index is 5.91. The van der Waals surface area contributed by atoms with Crippen molar-refractivity contribution in [1.29, 1.82) is 0 Å². The van der Waals surface area contributed by atoms with E-state index < -0.39 is 0 Å². The number of aromatic nitrogens is 2. The van der Waals surface area contributed by atoms with E-state index in [4.69, 9.17) is 14.7 Å². The molecule has 2 aromatic heterocycles. The second-order valence-electron chi connectivity index (χ2n) is 3.96. The molecule has 2 N–H and O–H groups in total. The lowest BCUT2D eigenvalue weighted by Crippen LogP contribution is -1.89. The smallest absolute Gasteiger partial charge is 0.238 e. The van der Waals surface area contributed by atoms with Gasteiger partial charge >= 0.3 is 0 Å². The summed E-state index contributed by atoms with van der Waals surface area (Å²) in [6.07, 6.45) is 1.57. The fourth-order valence-electron chi connectivity index (χ4n) is 1.59. The van der Waals surface area contributed by atoms with Crippen LogP contribution in [0.2, 0.25) is 0 Å². The van der Waals surface area contributed by atoms with Gasteiger partial charge in [-0.25, -0.2) is 0 Å². The number of halogens is 1. The standard InChI is InChI=1S/C13H10BrN3O2S/c14-8-3-4-9(15)11(6-8)20-7-12-16-13(17-19-12)10-2-1-5-18-10/h1-6H,7,15H2. The second kappa shape index (κ2) is 5.72. The van der Waals surface area contributed by atoms with Crippen molar-refractivity contribution >= 4 is 33.4 Å². The minimum absolute atomic E-state index is 0.452. The highest BCUT2D eigenvalue weighted by Crippen LogP contribution is 2.30. The average Bonchev–Trinajstić information content (AvgIpc) is 3.09. The Morgan fingerprint density at radius 2 is 2.20 bits per heavy atom. The Kier molecular flexibility index (Phi) is 3.79. The van der Waals surface area contributed by atoms with Gasteiger partial charge in [-0.05, 0) is 30.3 Å². The van der Waals surface area contributed by atoms with E-state index in [-0.39, 0.29) is 0 Å². The van der Waals surface area contributed by atoms with Crippen LogP contribution in [0.25, 0.3) is 11.6 Å². The Morgan fingerprint density at radius 3 is 3.00 bits per heavy atom. The molecular formula is C13H10BrN3O2S. The lowest BCUT2D eigenvalue weighted by Gasteiger charge is -2.03. The number of nitrogens with zero attached hydrogens (tertiary/aromatic N) is 2. The number of hydrogen-bond donors (Lipinski definition) is 1. The normalized spacial score (nSPS) is 10.8. The van der Waals surface area contributed by atoms with E-state index in [1.807, 2.05) is 18.2 Å². The highest BCUT2D eigenvalue weighted by atomic mass is 79.9. The van der Waals surface area contributed by atoms with Gasteiger partial charge in [-0.2, -0.15) is 4.98 Å². The second-order valence-corrected chi connectivity index (χ2v) is 5.89. The third kappa shape index (κ3) is 2.88. The van der Waals surface area contributed by atoms with Crippen LogP contribution in [0.1, 0.15) is 5.89 Å². The van der Waals surface area contributed by atoms with Crippen molar-refractivity contribution in [2.45, 2.75) is 10.6 Å². The average molecular weight is 352 g/mol. The van der Waals surface area contributed by atoms with Crippen molar-refractivity contribution in [3.63, 3.8) is 0 Å². The molecule has 0 unspecified atom stereocenters. The summed E-state index contributed by atoms with van der Waals surface area (Å²) < 4.78 is 11.4. The molecule has 0 spiro atoms. The Bertz CT molecular complexity index is 712. The molecule has 0 amide bonds. The molecule has 5 nitrogen and oxygen atoms in total. The summed E-state index contributed by atoms with van der Waals surface area (Å²) in [7, 11) is 0. The molecule has 0 fully saturated rings. The number of thioether (sulfide) groups is 1. The van der Waals surface area contributed by atoms with Gasteiger partial charge in [-0.1, -0.05) is 21.1 Å². The fraction of sp³-hybridized carbons (Fsp3) is 0.0769. The van der Waals surface area contributed by atoms with Gasteiger partial charge in [0.25, 0.3) is 0 Å². The molecule has 0 aliphatic carbocycles. The zero-order valence-electron chi connectivity index (χ0n) is 10.2. The van der Waals surface area contributed by atoms with Crippen molar-refractivity contribution in [1.82, 2.24) is 10.1 Å². The monoisotopic (exact) mass is 351 g/mol. The van der Waals surface area contributed by atoms with Crippen molar-refractivity contribution in [3.05, 3.63) is 47.0 Å². The number of furan rings is 1. The first-order chi connectivity index (χ1) is 9.72. The number of hydrogen-bond acceptors (Lipinski definition) is 6. The molecule has 3 rings (SSSR count). The van der Waals surface area contributed by atoms with Crippen LogP contribution in [0.5, 0.6) is 0 Å². The number of rotatable bonds is 4. The Labute approximate surface area is 127 Å². The summed E-state index contributed by atoms with van der Waals surface area (Å²) in [5, 5.41) is 3.88. The van der Waals surface area contributed by atoms with Crippen LogP contribution < -0.4 is 5.73 Å². The van der Waals surface area contributed by atoms with Crippen molar-refractivity contribution in [3.8, 4) is 11.6 Å². The van der Waals surface area contributed by atoms with Gasteiger partial charge in [-0.3, -0.25) is 0 Å². The molecule has 0 atom stereocenters. The topological polar surface area (TPSA) is 78.1 Å². The van der Waals surface area contributed by atoms with Crippen LogP contribution in [0, 0.1) is 0 Å². The van der Waals surface area contributed by atoms with Crippen LogP contribution in [0.3, 0.4) is 0 Å². The minimum Gasteiger partial charge on any atom is -0.461 e. The third-order valence-corrected chi connectivity index (χ3v) is 4.09. The molecule has 0 aliphatic heterocycles. The Hall–Kier alpha value is -1.73. The molecule has 1 aromatic carbocycles. The van der Waals surface area contributed by atoms with E-state index in [0.29, 0.717) is 23.2 Å². The largest absolute Gasteiger partial charge is 0.461 e. The number of benzene rings is 1. The summed E-state index contributed by atoms with van der Waals surface area (Å²) in [5.41, 5.74) is 6.64. The summed E-state index contributed by atoms with van der Waals surface area (Å²) >= 11 is 4.96. The van der Waals surface area contributed by atoms with E-state index in [0.717, 1.165) is 15.1 Å². The molecule has 0 radical (unpaired) electrons. The van der Waals surface area contributed by atoms with Crippen LogP contribution >= 0.6 is 27.7 Å². The van der Waals surface area contributed by atoms with Gasteiger partial charge in [-0.15, -0.1) is 11.8 Å². The lowest BCUT2D eigenvalue weighted by atomic mass is 10.3. The predicted octanol–water partition coefficient (Wildman–Crippen LogP) is 3.97. The summed E-state index contributed by atoms with van der Waals surface area (Å²) in [5.74, 6) is 2.12. The zero-order chi connectivity index (χ0) is 13.9. The van der Waals surface area contributed by atoms with Crippen LogP contribution in [0.4, 0.5) is 5.69 Å².